The van der Waals surface area contributed by atoms with E-state index in [1.807, 2.05) is 0 Å². The Morgan fingerprint density at radius 1 is 1.35 bits per heavy atom. The number of amidine groups is 1. The first-order chi connectivity index (χ1) is 11.1. The van der Waals surface area contributed by atoms with Gasteiger partial charge in [0.05, 0.1) is 16.9 Å². The van der Waals surface area contributed by atoms with Crippen LogP contribution in [0.25, 0.3) is 11.3 Å². The summed E-state index contributed by atoms with van der Waals surface area (Å²) in [4.78, 5) is 21.3. The molecule has 116 valence electrons. The molecule has 1 aliphatic rings. The molecule has 0 radical (unpaired) electrons. The van der Waals surface area contributed by atoms with Crippen molar-refractivity contribution in [3.05, 3.63) is 52.3 Å². The number of nitro groups is 1. The van der Waals surface area contributed by atoms with Gasteiger partial charge in [0.2, 0.25) is 5.91 Å². The topological polar surface area (TPSA) is 110 Å². The van der Waals surface area contributed by atoms with E-state index >= 15 is 0 Å². The minimum Gasteiger partial charge on any atom is -0.455 e. The van der Waals surface area contributed by atoms with Crippen LogP contribution in [0.15, 0.2) is 51.0 Å². The molecular formula is C14H10N4O4S. The molecule has 2 heterocycles. The fraction of sp³-hybridized carbons (Fsp3) is 0.0714. The number of hydrogen-bond donors (Lipinski definition) is 1. The lowest BCUT2D eigenvalue weighted by Crippen LogP contribution is -2.19. The molecule has 0 unspecified atom stereocenters. The van der Waals surface area contributed by atoms with Crippen LogP contribution >= 0.6 is 11.8 Å². The van der Waals surface area contributed by atoms with Crippen LogP contribution < -0.4 is 5.32 Å². The van der Waals surface area contributed by atoms with Gasteiger partial charge < -0.3 is 9.73 Å². The van der Waals surface area contributed by atoms with Crippen molar-refractivity contribution >= 4 is 34.7 Å². The van der Waals surface area contributed by atoms with Gasteiger partial charge >= 0.3 is 0 Å². The zero-order valence-corrected chi connectivity index (χ0v) is 12.4. The number of hydrogen-bond acceptors (Lipinski definition) is 7. The van der Waals surface area contributed by atoms with Crippen LogP contribution in [0.3, 0.4) is 0 Å². The largest absolute Gasteiger partial charge is 0.455 e. The Balaban J connectivity index is 1.74. The van der Waals surface area contributed by atoms with Gasteiger partial charge in [-0.3, -0.25) is 14.9 Å². The molecule has 0 saturated carbocycles. The van der Waals surface area contributed by atoms with Gasteiger partial charge in [0, 0.05) is 17.7 Å². The summed E-state index contributed by atoms with van der Waals surface area (Å²) in [6, 6.07) is 9.54. The lowest BCUT2D eigenvalue weighted by molar-refractivity contribution is -0.384. The first-order valence-corrected chi connectivity index (χ1v) is 7.49. The third-order valence-corrected chi connectivity index (χ3v) is 3.75. The number of non-ortho nitro benzene ring substituents is 1. The van der Waals surface area contributed by atoms with Crippen molar-refractivity contribution in [1.82, 2.24) is 5.32 Å². The van der Waals surface area contributed by atoms with Crippen molar-refractivity contribution in [2.75, 3.05) is 5.75 Å². The number of carbonyl (C=O) groups excluding carboxylic acids is 1. The third-order valence-electron chi connectivity index (χ3n) is 2.89. The summed E-state index contributed by atoms with van der Waals surface area (Å²) in [5.74, 6) is 1.18. The molecular weight excluding hydrogens is 320 g/mol. The third kappa shape index (κ3) is 3.64. The molecule has 0 atom stereocenters. The SMILES string of the molecule is O=C1CS/C(=N\N=C\c2ccc(-c3cccc([N+](=O)[O-])c3)o2)N1. The second-order valence-electron chi connectivity index (χ2n) is 4.50. The van der Waals surface area contributed by atoms with Crippen molar-refractivity contribution in [3.63, 3.8) is 0 Å². The summed E-state index contributed by atoms with van der Waals surface area (Å²) >= 11 is 1.27. The van der Waals surface area contributed by atoms with Crippen molar-refractivity contribution in [1.29, 1.82) is 0 Å². The Kier molecular flexibility index (Phi) is 4.20. The summed E-state index contributed by atoms with van der Waals surface area (Å²) < 4.78 is 5.55. The molecule has 2 aromatic rings. The minimum atomic E-state index is -0.460. The number of carbonyl (C=O) groups is 1. The van der Waals surface area contributed by atoms with Crippen molar-refractivity contribution in [2.45, 2.75) is 0 Å². The van der Waals surface area contributed by atoms with E-state index in [2.05, 4.69) is 15.5 Å². The molecule has 1 fully saturated rings. The average molecular weight is 330 g/mol. The summed E-state index contributed by atoms with van der Waals surface area (Å²) in [5, 5.41) is 21.5. The maximum Gasteiger partial charge on any atom is 0.270 e. The van der Waals surface area contributed by atoms with Gasteiger partial charge in [0.1, 0.15) is 11.5 Å². The second-order valence-corrected chi connectivity index (χ2v) is 5.46. The van der Waals surface area contributed by atoms with Crippen LogP contribution in [0.5, 0.6) is 0 Å². The number of amides is 1. The fourth-order valence-electron chi connectivity index (χ4n) is 1.87. The quantitative estimate of drug-likeness (QED) is 0.526. The van der Waals surface area contributed by atoms with E-state index in [4.69, 9.17) is 4.42 Å². The molecule has 1 N–H and O–H groups in total. The predicted octanol–water partition coefficient (Wildman–Crippen LogP) is 2.41. The standard InChI is InChI=1S/C14H10N4O4S/c19-13-8-23-14(16-13)17-15-7-11-4-5-12(22-11)9-2-1-3-10(6-9)18(20)21/h1-7H,8H2,(H,16,17,19)/b15-7+. The van der Waals surface area contributed by atoms with E-state index < -0.39 is 4.92 Å². The minimum absolute atomic E-state index is 0.00508. The van der Waals surface area contributed by atoms with Gasteiger partial charge in [0.25, 0.3) is 5.69 Å². The fourth-order valence-corrected chi connectivity index (χ4v) is 2.50. The number of rotatable bonds is 4. The molecule has 1 aromatic carbocycles. The lowest BCUT2D eigenvalue weighted by Gasteiger charge is -1.96. The van der Waals surface area contributed by atoms with E-state index in [0.29, 0.717) is 28.0 Å². The van der Waals surface area contributed by atoms with E-state index in [1.165, 1.54) is 30.1 Å². The highest BCUT2D eigenvalue weighted by molar-refractivity contribution is 8.15. The summed E-state index contributed by atoms with van der Waals surface area (Å²) in [7, 11) is 0. The van der Waals surface area contributed by atoms with Gasteiger partial charge in [-0.25, -0.2) is 0 Å². The van der Waals surface area contributed by atoms with Crippen molar-refractivity contribution < 1.29 is 14.1 Å². The smallest absolute Gasteiger partial charge is 0.270 e. The van der Waals surface area contributed by atoms with Gasteiger partial charge in [0.15, 0.2) is 5.17 Å². The van der Waals surface area contributed by atoms with Crippen molar-refractivity contribution in [2.24, 2.45) is 10.2 Å². The Morgan fingerprint density at radius 2 is 2.22 bits per heavy atom. The Bertz CT molecular complexity index is 828. The number of nitrogens with zero attached hydrogens (tertiary/aromatic N) is 3. The number of furan rings is 1. The molecule has 1 amide bonds. The zero-order chi connectivity index (χ0) is 16.2. The number of thioether (sulfide) groups is 1. The molecule has 0 bridgehead atoms. The predicted molar refractivity (Wildman–Crippen MR) is 86.4 cm³/mol. The zero-order valence-electron chi connectivity index (χ0n) is 11.6. The van der Waals surface area contributed by atoms with Crippen molar-refractivity contribution in [3.8, 4) is 11.3 Å². The van der Waals surface area contributed by atoms with Crippen LogP contribution in [-0.2, 0) is 4.79 Å². The molecule has 0 spiro atoms. The molecule has 1 aromatic heterocycles. The molecule has 8 nitrogen and oxygen atoms in total. The lowest BCUT2D eigenvalue weighted by atomic mass is 10.1. The maximum absolute atomic E-state index is 11.0. The number of benzene rings is 1. The van der Waals surface area contributed by atoms with Crippen LogP contribution in [0, 0.1) is 10.1 Å². The molecule has 9 heteroatoms. The Labute approximate surface area is 134 Å². The molecule has 1 aliphatic heterocycles. The van der Waals surface area contributed by atoms with Crippen LogP contribution in [0.1, 0.15) is 5.76 Å². The maximum atomic E-state index is 11.0. The summed E-state index contributed by atoms with van der Waals surface area (Å²) in [5.41, 5.74) is 0.596. The van der Waals surface area contributed by atoms with Gasteiger partial charge in [-0.2, -0.15) is 5.10 Å². The molecule has 0 aliphatic carbocycles. The molecule has 1 saturated heterocycles. The number of nitrogens with one attached hydrogen (secondary N) is 1. The van der Waals surface area contributed by atoms with Gasteiger partial charge in [-0.1, -0.05) is 23.9 Å². The highest BCUT2D eigenvalue weighted by Gasteiger charge is 2.16. The van der Waals surface area contributed by atoms with Crippen LogP contribution in [-0.4, -0.2) is 28.0 Å². The highest BCUT2D eigenvalue weighted by atomic mass is 32.2. The van der Waals surface area contributed by atoms with Gasteiger partial charge in [-0.15, -0.1) is 5.10 Å². The van der Waals surface area contributed by atoms with E-state index in [-0.39, 0.29) is 11.6 Å². The van der Waals surface area contributed by atoms with Gasteiger partial charge in [-0.05, 0) is 12.1 Å². The van der Waals surface area contributed by atoms with Crippen LogP contribution in [0.4, 0.5) is 5.69 Å². The highest BCUT2D eigenvalue weighted by Crippen LogP contribution is 2.25. The molecule has 23 heavy (non-hydrogen) atoms. The monoisotopic (exact) mass is 330 g/mol. The second kappa shape index (κ2) is 6.44. The average Bonchev–Trinajstić information content (AvgIpc) is 3.17. The Hall–Kier alpha value is -2.94. The first-order valence-electron chi connectivity index (χ1n) is 6.50. The first kappa shape index (κ1) is 15.0. The Morgan fingerprint density at radius 3 is 2.96 bits per heavy atom. The normalized spacial score (nSPS) is 16.2. The van der Waals surface area contributed by atoms with E-state index in [9.17, 15) is 14.9 Å². The van der Waals surface area contributed by atoms with Crippen LogP contribution in [0.2, 0.25) is 0 Å². The van der Waals surface area contributed by atoms with E-state index in [0.717, 1.165) is 0 Å². The number of nitro benzene ring substituents is 1. The van der Waals surface area contributed by atoms with E-state index in [1.54, 1.807) is 24.3 Å². The summed E-state index contributed by atoms with van der Waals surface area (Å²) in [6.45, 7) is 0. The molecule has 3 rings (SSSR count). The summed E-state index contributed by atoms with van der Waals surface area (Å²) in [6.07, 6.45) is 1.40.